The number of carbonyl (C=O) groups excluding carboxylic acids is 1. The molecule has 1 saturated carbocycles. The van der Waals surface area contributed by atoms with Gasteiger partial charge in [-0.05, 0) is 25.7 Å². The van der Waals surface area contributed by atoms with E-state index in [1.165, 1.54) is 0 Å². The highest BCUT2D eigenvalue weighted by Crippen LogP contribution is 2.22. The van der Waals surface area contributed by atoms with Gasteiger partial charge in [-0.2, -0.15) is 0 Å². The zero-order valence-corrected chi connectivity index (χ0v) is 13.5. The van der Waals surface area contributed by atoms with Gasteiger partial charge in [0.1, 0.15) is 0 Å². The molecule has 1 heterocycles. The molecule has 122 valence electrons. The zero-order valence-electron chi connectivity index (χ0n) is 12.7. The number of nitrogens with zero attached hydrogens (tertiary/aromatic N) is 1. The van der Waals surface area contributed by atoms with Crippen molar-refractivity contribution >= 4 is 15.9 Å². The molecule has 2 aliphatic rings. The van der Waals surface area contributed by atoms with Crippen LogP contribution in [0.5, 0.6) is 0 Å². The van der Waals surface area contributed by atoms with Crippen LogP contribution in [0, 0.1) is 0 Å². The Kier molecular flexibility index (Phi) is 6.01. The number of rotatable bonds is 6. The molecule has 2 rings (SSSR count). The Morgan fingerprint density at radius 3 is 2.62 bits per heavy atom. The second-order valence-electron chi connectivity index (χ2n) is 5.99. The van der Waals surface area contributed by atoms with E-state index in [1.54, 1.807) is 12.0 Å². The number of ether oxygens (including phenoxy) is 1. The molecule has 6 nitrogen and oxygen atoms in total. The number of methoxy groups -OCH3 is 1. The fraction of sp³-hybridized carbons (Fsp3) is 0.929. The molecule has 1 N–H and O–H groups in total. The van der Waals surface area contributed by atoms with E-state index >= 15 is 0 Å². The fourth-order valence-electron chi connectivity index (χ4n) is 3.14. The van der Waals surface area contributed by atoms with Crippen molar-refractivity contribution in [1.82, 2.24) is 9.62 Å². The molecule has 0 aromatic rings. The molecule has 7 heteroatoms. The van der Waals surface area contributed by atoms with E-state index < -0.39 is 15.3 Å². The Hall–Kier alpha value is -0.660. The first-order chi connectivity index (χ1) is 10.0. The topological polar surface area (TPSA) is 75.7 Å². The van der Waals surface area contributed by atoms with Crippen LogP contribution in [0.4, 0.5) is 0 Å². The minimum atomic E-state index is -3.33. The molecule has 1 amide bonds. The monoisotopic (exact) mass is 318 g/mol. The minimum absolute atomic E-state index is 0.0161. The second kappa shape index (κ2) is 7.56. The van der Waals surface area contributed by atoms with Crippen molar-refractivity contribution < 1.29 is 17.9 Å². The summed E-state index contributed by atoms with van der Waals surface area (Å²) in [5, 5.41) is -0.474. The highest BCUT2D eigenvalue weighted by molar-refractivity contribution is 7.90. The summed E-state index contributed by atoms with van der Waals surface area (Å²) >= 11 is 0. The molecule has 0 aromatic carbocycles. The molecule has 0 aromatic heterocycles. The van der Waals surface area contributed by atoms with E-state index in [0.29, 0.717) is 32.5 Å². The molecule has 0 spiro atoms. The molecule has 21 heavy (non-hydrogen) atoms. The van der Waals surface area contributed by atoms with Gasteiger partial charge in [-0.3, -0.25) is 4.79 Å². The number of hydrogen-bond donors (Lipinski definition) is 1. The Morgan fingerprint density at radius 2 is 1.95 bits per heavy atom. The molecule has 0 bridgehead atoms. The lowest BCUT2D eigenvalue weighted by molar-refractivity contribution is -0.132. The number of amides is 1. The average molecular weight is 318 g/mol. The molecule has 1 saturated heterocycles. The van der Waals surface area contributed by atoms with Gasteiger partial charge in [0.25, 0.3) is 0 Å². The number of hydrogen-bond acceptors (Lipinski definition) is 4. The number of piperidine rings is 1. The Labute approximate surface area is 127 Å². The number of likely N-dealkylation sites (tertiary alicyclic amines) is 1. The summed E-state index contributed by atoms with van der Waals surface area (Å²) < 4.78 is 32.6. The van der Waals surface area contributed by atoms with E-state index in [4.69, 9.17) is 4.74 Å². The van der Waals surface area contributed by atoms with Crippen molar-refractivity contribution in [2.75, 3.05) is 26.8 Å². The zero-order chi connectivity index (χ0) is 15.3. The third kappa shape index (κ3) is 4.66. The van der Waals surface area contributed by atoms with Crippen LogP contribution < -0.4 is 4.72 Å². The fourth-order valence-corrected chi connectivity index (χ4v) is 4.88. The molecule has 1 atom stereocenters. The van der Waals surface area contributed by atoms with Crippen LogP contribution in [0.2, 0.25) is 0 Å². The third-order valence-corrected chi connectivity index (χ3v) is 6.30. The standard InChI is InChI=1S/C14H26N2O4S/c1-20-10-8-14(17)16-9-4-7-13(11-16)21(18,19)15-12-5-2-3-6-12/h12-13,15H,2-11H2,1H3/t13-/m1/s1. The van der Waals surface area contributed by atoms with E-state index in [2.05, 4.69) is 4.72 Å². The summed E-state index contributed by atoms with van der Waals surface area (Å²) in [4.78, 5) is 13.7. The number of carbonyl (C=O) groups is 1. The minimum Gasteiger partial charge on any atom is -0.384 e. The van der Waals surface area contributed by atoms with Gasteiger partial charge in [0.15, 0.2) is 0 Å². The molecule has 0 radical (unpaired) electrons. The number of sulfonamides is 1. The molecular weight excluding hydrogens is 292 g/mol. The first-order valence-corrected chi connectivity index (χ1v) is 9.35. The summed E-state index contributed by atoms with van der Waals surface area (Å²) in [5.74, 6) is -0.0161. The van der Waals surface area contributed by atoms with Crippen LogP contribution in [-0.2, 0) is 19.6 Å². The summed E-state index contributed by atoms with van der Waals surface area (Å²) in [5.41, 5.74) is 0. The van der Waals surface area contributed by atoms with Crippen molar-refractivity contribution in [1.29, 1.82) is 0 Å². The lowest BCUT2D eigenvalue weighted by atomic mass is 10.1. The van der Waals surface area contributed by atoms with E-state index in [0.717, 1.165) is 32.1 Å². The van der Waals surface area contributed by atoms with Gasteiger partial charge in [-0.1, -0.05) is 12.8 Å². The molecule has 1 aliphatic heterocycles. The molecule has 1 aliphatic carbocycles. The normalized spacial score (nSPS) is 24.4. The summed E-state index contributed by atoms with van der Waals surface area (Å²) in [6, 6.07) is 0.0922. The van der Waals surface area contributed by atoms with Crippen LogP contribution in [0.3, 0.4) is 0 Å². The maximum absolute atomic E-state index is 12.5. The largest absolute Gasteiger partial charge is 0.384 e. The molecular formula is C14H26N2O4S. The highest BCUT2D eigenvalue weighted by Gasteiger charge is 2.34. The predicted molar refractivity (Wildman–Crippen MR) is 80.4 cm³/mol. The van der Waals surface area contributed by atoms with E-state index in [9.17, 15) is 13.2 Å². The molecule has 0 unspecified atom stereocenters. The van der Waals surface area contributed by atoms with Crippen molar-refractivity contribution in [3.8, 4) is 0 Å². The van der Waals surface area contributed by atoms with Crippen LogP contribution >= 0.6 is 0 Å². The second-order valence-corrected chi connectivity index (χ2v) is 7.98. The first kappa shape index (κ1) is 16.7. The predicted octanol–water partition coefficient (Wildman–Crippen LogP) is 0.876. The van der Waals surface area contributed by atoms with Crippen LogP contribution in [0.25, 0.3) is 0 Å². The van der Waals surface area contributed by atoms with Gasteiger partial charge in [0, 0.05) is 26.2 Å². The van der Waals surface area contributed by atoms with Gasteiger partial charge in [0.05, 0.1) is 18.3 Å². The van der Waals surface area contributed by atoms with Gasteiger partial charge in [-0.25, -0.2) is 13.1 Å². The maximum atomic E-state index is 12.5. The third-order valence-electron chi connectivity index (χ3n) is 4.38. The lowest BCUT2D eigenvalue weighted by Crippen LogP contribution is -2.50. The summed E-state index contributed by atoms with van der Waals surface area (Å²) in [6.45, 7) is 1.34. The van der Waals surface area contributed by atoms with Crippen LogP contribution in [0.15, 0.2) is 0 Å². The van der Waals surface area contributed by atoms with Crippen molar-refractivity contribution in [3.05, 3.63) is 0 Å². The van der Waals surface area contributed by atoms with Crippen molar-refractivity contribution in [2.24, 2.45) is 0 Å². The Balaban J connectivity index is 1.91. The SMILES string of the molecule is COCCC(=O)N1CCC[C@@H](S(=O)(=O)NC2CCCC2)C1. The van der Waals surface area contributed by atoms with Crippen molar-refractivity contribution in [3.63, 3.8) is 0 Å². The van der Waals surface area contributed by atoms with Gasteiger partial charge >= 0.3 is 0 Å². The van der Waals surface area contributed by atoms with E-state index in [-0.39, 0.29) is 11.9 Å². The van der Waals surface area contributed by atoms with Gasteiger partial charge < -0.3 is 9.64 Å². The first-order valence-electron chi connectivity index (χ1n) is 7.81. The highest BCUT2D eigenvalue weighted by atomic mass is 32.2. The molecule has 2 fully saturated rings. The summed E-state index contributed by atoms with van der Waals surface area (Å²) in [6.07, 6.45) is 5.76. The van der Waals surface area contributed by atoms with Crippen molar-refractivity contribution in [2.45, 2.75) is 56.2 Å². The maximum Gasteiger partial charge on any atom is 0.224 e. The average Bonchev–Trinajstić information content (AvgIpc) is 2.97. The van der Waals surface area contributed by atoms with E-state index in [1.807, 2.05) is 0 Å². The Morgan fingerprint density at radius 1 is 1.24 bits per heavy atom. The quantitative estimate of drug-likeness (QED) is 0.789. The van der Waals surface area contributed by atoms with Crippen LogP contribution in [0.1, 0.15) is 44.9 Å². The Bertz CT molecular complexity index is 446. The lowest BCUT2D eigenvalue weighted by Gasteiger charge is -2.33. The smallest absolute Gasteiger partial charge is 0.224 e. The summed E-state index contributed by atoms with van der Waals surface area (Å²) in [7, 11) is -1.77. The van der Waals surface area contributed by atoms with Gasteiger partial charge in [-0.15, -0.1) is 0 Å². The van der Waals surface area contributed by atoms with Crippen LogP contribution in [-0.4, -0.2) is 57.3 Å². The van der Waals surface area contributed by atoms with Gasteiger partial charge in [0.2, 0.25) is 15.9 Å². The number of nitrogens with one attached hydrogen (secondary N) is 1.